The number of hydrogen-bond acceptors (Lipinski definition) is 5. The van der Waals surface area contributed by atoms with Crippen molar-refractivity contribution in [3.63, 3.8) is 0 Å². The molecule has 6 nitrogen and oxygen atoms in total. The molecule has 1 aromatic carbocycles. The molecule has 1 heterocycles. The van der Waals surface area contributed by atoms with Crippen molar-refractivity contribution >= 4 is 5.91 Å². The smallest absolute Gasteiger partial charge is 0.286 e. The van der Waals surface area contributed by atoms with Crippen molar-refractivity contribution in [2.75, 3.05) is 26.4 Å². The maximum atomic E-state index is 12.5. The third kappa shape index (κ3) is 6.78. The number of rotatable bonds is 10. The van der Waals surface area contributed by atoms with Gasteiger partial charge in [0.05, 0.1) is 26.4 Å². The highest BCUT2D eigenvalue weighted by Crippen LogP contribution is 2.28. The molecule has 1 amide bonds. The van der Waals surface area contributed by atoms with Crippen molar-refractivity contribution in [3.05, 3.63) is 47.7 Å². The van der Waals surface area contributed by atoms with Crippen LogP contribution in [-0.2, 0) is 25.5 Å². The van der Waals surface area contributed by atoms with E-state index < -0.39 is 6.29 Å². The normalized spacial score (nSPS) is 19.8. The molecule has 0 saturated heterocycles. The van der Waals surface area contributed by atoms with E-state index >= 15 is 0 Å². The summed E-state index contributed by atoms with van der Waals surface area (Å²) in [4.78, 5) is 12.5. The van der Waals surface area contributed by atoms with E-state index in [1.807, 2.05) is 36.4 Å². The maximum Gasteiger partial charge on any atom is 0.286 e. The molecule has 0 fully saturated rings. The number of allylic oxidation sites excluding steroid dienone is 1. The molecule has 0 radical (unpaired) electrons. The third-order valence-electron chi connectivity index (χ3n) is 4.23. The Hall–Kier alpha value is -1.89. The zero-order valence-electron chi connectivity index (χ0n) is 15.5. The molecule has 2 rings (SSSR count). The van der Waals surface area contributed by atoms with E-state index in [9.17, 15) is 4.79 Å². The van der Waals surface area contributed by atoms with Crippen LogP contribution in [0.4, 0.5) is 0 Å². The first kappa shape index (κ1) is 20.4. The summed E-state index contributed by atoms with van der Waals surface area (Å²) in [5.74, 6) is 0.675. The Balaban J connectivity index is 1.88. The van der Waals surface area contributed by atoms with Crippen molar-refractivity contribution in [2.45, 2.75) is 33.1 Å². The summed E-state index contributed by atoms with van der Waals surface area (Å²) in [6.07, 6.45) is 2.13. The summed E-state index contributed by atoms with van der Waals surface area (Å²) in [5, 5.41) is 11.6. The third-order valence-corrected chi connectivity index (χ3v) is 4.23. The van der Waals surface area contributed by atoms with Gasteiger partial charge in [-0.05, 0) is 23.5 Å². The van der Waals surface area contributed by atoms with Crippen LogP contribution >= 0.6 is 0 Å². The summed E-state index contributed by atoms with van der Waals surface area (Å²) >= 11 is 0. The summed E-state index contributed by atoms with van der Waals surface area (Å²) in [5.41, 5.74) is 1.03. The number of aliphatic hydroxyl groups excluding tert-OH is 1. The van der Waals surface area contributed by atoms with E-state index in [0.717, 1.165) is 5.56 Å². The van der Waals surface area contributed by atoms with Gasteiger partial charge in [0.25, 0.3) is 5.91 Å². The van der Waals surface area contributed by atoms with Crippen LogP contribution in [0.5, 0.6) is 0 Å². The molecule has 26 heavy (non-hydrogen) atoms. The lowest BCUT2D eigenvalue weighted by atomic mass is 9.90. The first-order chi connectivity index (χ1) is 12.6. The van der Waals surface area contributed by atoms with E-state index in [2.05, 4.69) is 19.2 Å². The number of amides is 1. The van der Waals surface area contributed by atoms with Gasteiger partial charge in [-0.3, -0.25) is 4.79 Å². The molecule has 0 aromatic heterocycles. The molecule has 2 atom stereocenters. The van der Waals surface area contributed by atoms with Gasteiger partial charge in [0.1, 0.15) is 0 Å². The van der Waals surface area contributed by atoms with Gasteiger partial charge >= 0.3 is 0 Å². The standard InChI is InChI=1S/C20H29NO5/c1-15(2)17-12-18(20(23)21-14-16-6-4-3-5-7-16)26-19(13-17)25-11-10-24-9-8-22/h3-7,12,15,17,19,22H,8-11,13-14H2,1-2H3,(H,21,23). The van der Waals surface area contributed by atoms with Crippen LogP contribution in [0.1, 0.15) is 25.8 Å². The molecule has 1 aliphatic rings. The molecule has 144 valence electrons. The Kier molecular flexibility index (Phi) is 8.61. The molecular weight excluding hydrogens is 334 g/mol. The topological polar surface area (TPSA) is 77.0 Å². The SMILES string of the molecule is CC(C)C1C=C(C(=O)NCc2ccccc2)OC(OCCOCCO)C1. The second-order valence-electron chi connectivity index (χ2n) is 6.60. The highest BCUT2D eigenvalue weighted by atomic mass is 16.7. The molecule has 0 aliphatic carbocycles. The van der Waals surface area contributed by atoms with Gasteiger partial charge in [0, 0.05) is 13.0 Å². The second kappa shape index (κ2) is 11.0. The van der Waals surface area contributed by atoms with E-state index in [4.69, 9.17) is 19.3 Å². The van der Waals surface area contributed by atoms with Crippen molar-refractivity contribution in [2.24, 2.45) is 11.8 Å². The lowest BCUT2D eigenvalue weighted by molar-refractivity contribution is -0.155. The Morgan fingerprint density at radius 2 is 2.04 bits per heavy atom. The Morgan fingerprint density at radius 1 is 1.27 bits per heavy atom. The molecular formula is C20H29NO5. The van der Waals surface area contributed by atoms with Crippen molar-refractivity contribution in [1.82, 2.24) is 5.32 Å². The minimum absolute atomic E-state index is 0.0101. The van der Waals surface area contributed by atoms with Gasteiger partial charge in [0.15, 0.2) is 5.76 Å². The minimum atomic E-state index is -0.470. The van der Waals surface area contributed by atoms with Crippen LogP contribution in [0, 0.1) is 11.8 Å². The Labute approximate surface area is 155 Å². The Bertz CT molecular complexity index is 573. The number of carbonyl (C=O) groups is 1. The minimum Gasteiger partial charge on any atom is -0.459 e. The monoisotopic (exact) mass is 363 g/mol. The molecule has 2 N–H and O–H groups in total. The first-order valence-corrected chi connectivity index (χ1v) is 9.11. The van der Waals surface area contributed by atoms with Crippen LogP contribution in [-0.4, -0.2) is 43.7 Å². The number of hydrogen-bond donors (Lipinski definition) is 2. The fraction of sp³-hybridized carbons (Fsp3) is 0.550. The zero-order valence-corrected chi connectivity index (χ0v) is 15.5. The maximum absolute atomic E-state index is 12.5. The van der Waals surface area contributed by atoms with E-state index in [0.29, 0.717) is 37.9 Å². The number of aliphatic hydroxyl groups is 1. The summed E-state index contributed by atoms with van der Waals surface area (Å²) in [6.45, 7) is 5.70. The molecule has 1 aromatic rings. The first-order valence-electron chi connectivity index (χ1n) is 9.11. The van der Waals surface area contributed by atoms with E-state index in [1.54, 1.807) is 0 Å². The summed E-state index contributed by atoms with van der Waals surface area (Å²) < 4.78 is 16.6. The molecule has 0 spiro atoms. The number of nitrogens with one attached hydrogen (secondary N) is 1. The molecule has 1 aliphatic heterocycles. The van der Waals surface area contributed by atoms with Gasteiger partial charge < -0.3 is 24.6 Å². The Morgan fingerprint density at radius 3 is 2.73 bits per heavy atom. The number of benzene rings is 1. The molecule has 0 bridgehead atoms. The summed E-state index contributed by atoms with van der Waals surface area (Å²) in [7, 11) is 0. The van der Waals surface area contributed by atoms with Crippen LogP contribution in [0.25, 0.3) is 0 Å². The van der Waals surface area contributed by atoms with Crippen molar-refractivity contribution in [3.8, 4) is 0 Å². The lowest BCUT2D eigenvalue weighted by Gasteiger charge is -2.30. The summed E-state index contributed by atoms with van der Waals surface area (Å²) in [6, 6.07) is 9.75. The highest BCUT2D eigenvalue weighted by molar-refractivity contribution is 5.91. The van der Waals surface area contributed by atoms with Gasteiger partial charge in [-0.1, -0.05) is 44.2 Å². The largest absolute Gasteiger partial charge is 0.459 e. The number of carbonyl (C=O) groups excluding carboxylic acids is 1. The predicted octanol–water partition coefficient (Wildman–Crippen LogP) is 2.23. The second-order valence-corrected chi connectivity index (χ2v) is 6.60. The van der Waals surface area contributed by atoms with Crippen molar-refractivity contribution < 1.29 is 24.1 Å². The predicted molar refractivity (Wildman–Crippen MR) is 98.0 cm³/mol. The lowest BCUT2D eigenvalue weighted by Crippen LogP contribution is -2.34. The van der Waals surface area contributed by atoms with Gasteiger partial charge in [-0.15, -0.1) is 0 Å². The van der Waals surface area contributed by atoms with Gasteiger partial charge in [-0.2, -0.15) is 0 Å². The highest BCUT2D eigenvalue weighted by Gasteiger charge is 2.29. The van der Waals surface area contributed by atoms with Crippen LogP contribution in [0.15, 0.2) is 42.2 Å². The van der Waals surface area contributed by atoms with E-state index in [1.165, 1.54) is 0 Å². The average molecular weight is 363 g/mol. The fourth-order valence-corrected chi connectivity index (χ4v) is 2.68. The van der Waals surface area contributed by atoms with Gasteiger partial charge in [0.2, 0.25) is 6.29 Å². The molecule has 6 heteroatoms. The molecule has 0 saturated carbocycles. The van der Waals surface area contributed by atoms with E-state index in [-0.39, 0.29) is 25.0 Å². The number of ether oxygens (including phenoxy) is 3. The average Bonchev–Trinajstić information content (AvgIpc) is 2.66. The van der Waals surface area contributed by atoms with Crippen LogP contribution < -0.4 is 5.32 Å². The van der Waals surface area contributed by atoms with Crippen LogP contribution in [0.2, 0.25) is 0 Å². The zero-order chi connectivity index (χ0) is 18.8. The van der Waals surface area contributed by atoms with Crippen molar-refractivity contribution in [1.29, 1.82) is 0 Å². The molecule has 2 unspecified atom stereocenters. The van der Waals surface area contributed by atoms with Gasteiger partial charge in [-0.25, -0.2) is 0 Å². The quantitative estimate of drug-likeness (QED) is 0.624. The fourth-order valence-electron chi connectivity index (χ4n) is 2.68. The van der Waals surface area contributed by atoms with Crippen LogP contribution in [0.3, 0.4) is 0 Å².